The van der Waals surface area contributed by atoms with E-state index in [-0.39, 0.29) is 30.0 Å². The van der Waals surface area contributed by atoms with Crippen molar-refractivity contribution >= 4 is 35.6 Å². The summed E-state index contributed by atoms with van der Waals surface area (Å²) >= 11 is 0. The van der Waals surface area contributed by atoms with Crippen molar-refractivity contribution in [3.05, 3.63) is 42.5 Å². The van der Waals surface area contributed by atoms with E-state index in [0.29, 0.717) is 6.54 Å². The lowest BCUT2D eigenvalue weighted by Gasteiger charge is -2.22. The van der Waals surface area contributed by atoms with E-state index < -0.39 is 0 Å². The molecule has 23 heavy (non-hydrogen) atoms. The molecule has 1 atom stereocenters. The highest BCUT2D eigenvalue weighted by Gasteiger charge is 2.14. The molecule has 1 unspecified atom stereocenters. The van der Waals surface area contributed by atoms with Crippen LogP contribution in [-0.2, 0) is 0 Å². The van der Waals surface area contributed by atoms with Gasteiger partial charge in [-0.1, -0.05) is 18.2 Å². The van der Waals surface area contributed by atoms with Gasteiger partial charge in [0.1, 0.15) is 0 Å². The molecule has 1 fully saturated rings. The summed E-state index contributed by atoms with van der Waals surface area (Å²) in [6.45, 7) is 11.8. The van der Waals surface area contributed by atoms with Crippen molar-refractivity contribution in [2.75, 3.05) is 31.1 Å². The molecule has 128 valence electrons. The van der Waals surface area contributed by atoms with E-state index in [1.807, 2.05) is 0 Å². The highest BCUT2D eigenvalue weighted by molar-refractivity contribution is 14.0. The quantitative estimate of drug-likeness (QED) is 0.314. The normalized spacial score (nSPS) is 15.7. The number of hydrogen-bond donors (Lipinski definition) is 2. The number of anilines is 1. The SMILES string of the molecule is C=CCN=C(NCC)NC(C)c1cccc(N2CCCC2)c1.I. The van der Waals surface area contributed by atoms with Crippen molar-refractivity contribution in [2.45, 2.75) is 32.7 Å². The number of nitrogens with one attached hydrogen (secondary N) is 2. The molecule has 0 radical (unpaired) electrons. The monoisotopic (exact) mass is 428 g/mol. The third-order valence-electron chi connectivity index (χ3n) is 3.92. The fourth-order valence-electron chi connectivity index (χ4n) is 2.73. The second-order valence-electron chi connectivity index (χ2n) is 5.66. The molecule has 1 heterocycles. The Bertz CT molecular complexity index is 509. The minimum Gasteiger partial charge on any atom is -0.372 e. The first-order chi connectivity index (χ1) is 10.7. The fraction of sp³-hybridized carbons (Fsp3) is 0.500. The molecule has 5 heteroatoms. The number of aliphatic imine (C=N–C) groups is 1. The average Bonchev–Trinajstić information content (AvgIpc) is 3.07. The maximum Gasteiger partial charge on any atom is 0.192 e. The topological polar surface area (TPSA) is 39.7 Å². The van der Waals surface area contributed by atoms with E-state index in [2.05, 4.69) is 65.2 Å². The molecule has 1 aliphatic heterocycles. The standard InChI is InChI=1S/C18H28N4.HI/c1-4-11-20-18(19-5-2)21-15(3)16-9-8-10-17(14-16)22-12-6-7-13-22;/h4,8-10,14-15H,1,5-7,11-13H2,2-3H3,(H2,19,20,21);1H. The lowest BCUT2D eigenvalue weighted by atomic mass is 10.1. The van der Waals surface area contributed by atoms with Gasteiger partial charge in [0, 0.05) is 25.3 Å². The molecule has 4 nitrogen and oxygen atoms in total. The zero-order valence-electron chi connectivity index (χ0n) is 14.2. The highest BCUT2D eigenvalue weighted by atomic mass is 127. The molecule has 1 aromatic rings. The molecule has 2 N–H and O–H groups in total. The van der Waals surface area contributed by atoms with Crippen LogP contribution in [0.2, 0.25) is 0 Å². The van der Waals surface area contributed by atoms with Crippen LogP contribution in [0.5, 0.6) is 0 Å². The fourth-order valence-corrected chi connectivity index (χ4v) is 2.73. The number of halogens is 1. The second kappa shape index (κ2) is 10.5. The highest BCUT2D eigenvalue weighted by Crippen LogP contribution is 2.23. The van der Waals surface area contributed by atoms with Crippen LogP contribution in [0, 0.1) is 0 Å². The maximum atomic E-state index is 4.46. The molecular weight excluding hydrogens is 399 g/mol. The molecule has 2 rings (SSSR count). The summed E-state index contributed by atoms with van der Waals surface area (Å²) in [6.07, 6.45) is 4.41. The van der Waals surface area contributed by atoms with Crippen molar-refractivity contribution in [1.82, 2.24) is 10.6 Å². The summed E-state index contributed by atoms with van der Waals surface area (Å²) in [5.74, 6) is 0.835. The number of guanidine groups is 1. The Kier molecular flexibility index (Phi) is 9.06. The Hall–Kier alpha value is -1.24. The molecule has 1 aliphatic rings. The average molecular weight is 428 g/mol. The first kappa shape index (κ1) is 19.8. The Morgan fingerprint density at radius 2 is 2.13 bits per heavy atom. The molecule has 0 spiro atoms. The van der Waals surface area contributed by atoms with Crippen LogP contribution in [0.4, 0.5) is 5.69 Å². The van der Waals surface area contributed by atoms with Gasteiger partial charge >= 0.3 is 0 Å². The summed E-state index contributed by atoms with van der Waals surface area (Å²) in [5, 5.41) is 6.73. The largest absolute Gasteiger partial charge is 0.372 e. The third kappa shape index (κ3) is 6.05. The second-order valence-corrected chi connectivity index (χ2v) is 5.66. The number of benzene rings is 1. The van der Waals surface area contributed by atoms with Gasteiger partial charge in [0.2, 0.25) is 0 Å². The predicted octanol–water partition coefficient (Wildman–Crippen LogP) is 3.71. The van der Waals surface area contributed by atoms with E-state index >= 15 is 0 Å². The first-order valence-electron chi connectivity index (χ1n) is 8.25. The lowest BCUT2D eigenvalue weighted by Crippen LogP contribution is -2.38. The first-order valence-corrected chi connectivity index (χ1v) is 8.25. The van der Waals surface area contributed by atoms with E-state index in [0.717, 1.165) is 12.5 Å². The van der Waals surface area contributed by atoms with Gasteiger partial charge in [0.05, 0.1) is 12.6 Å². The Labute approximate surface area is 157 Å². The summed E-state index contributed by atoms with van der Waals surface area (Å²) in [5.41, 5.74) is 2.62. The van der Waals surface area contributed by atoms with Gasteiger partial charge in [0.15, 0.2) is 5.96 Å². The molecule has 1 aromatic carbocycles. The van der Waals surface area contributed by atoms with Gasteiger partial charge in [0.25, 0.3) is 0 Å². The van der Waals surface area contributed by atoms with Crippen LogP contribution in [0.15, 0.2) is 41.9 Å². The summed E-state index contributed by atoms with van der Waals surface area (Å²) in [4.78, 5) is 6.93. The molecule has 0 amide bonds. The van der Waals surface area contributed by atoms with Gasteiger partial charge in [-0.25, -0.2) is 4.99 Å². The summed E-state index contributed by atoms with van der Waals surface area (Å²) in [6, 6.07) is 9.03. The maximum absolute atomic E-state index is 4.46. The van der Waals surface area contributed by atoms with E-state index in [4.69, 9.17) is 0 Å². The lowest BCUT2D eigenvalue weighted by molar-refractivity contribution is 0.688. The van der Waals surface area contributed by atoms with Crippen molar-refractivity contribution < 1.29 is 0 Å². The van der Waals surface area contributed by atoms with Crippen LogP contribution in [0.3, 0.4) is 0 Å². The minimum absolute atomic E-state index is 0. The van der Waals surface area contributed by atoms with Crippen LogP contribution < -0.4 is 15.5 Å². The molecule has 0 bridgehead atoms. The summed E-state index contributed by atoms with van der Waals surface area (Å²) in [7, 11) is 0. The smallest absolute Gasteiger partial charge is 0.192 e. The predicted molar refractivity (Wildman–Crippen MR) is 111 cm³/mol. The van der Waals surface area contributed by atoms with Crippen LogP contribution >= 0.6 is 24.0 Å². The Morgan fingerprint density at radius 3 is 2.78 bits per heavy atom. The zero-order valence-corrected chi connectivity index (χ0v) is 16.5. The Morgan fingerprint density at radius 1 is 1.39 bits per heavy atom. The molecule has 0 aromatic heterocycles. The van der Waals surface area contributed by atoms with Crippen LogP contribution in [-0.4, -0.2) is 32.1 Å². The number of nitrogens with zero attached hydrogens (tertiary/aromatic N) is 2. The van der Waals surface area contributed by atoms with Crippen LogP contribution in [0.1, 0.15) is 38.3 Å². The van der Waals surface area contributed by atoms with Crippen molar-refractivity contribution in [1.29, 1.82) is 0 Å². The molecule has 0 saturated carbocycles. The zero-order chi connectivity index (χ0) is 15.8. The van der Waals surface area contributed by atoms with Crippen molar-refractivity contribution in [2.24, 2.45) is 4.99 Å². The van der Waals surface area contributed by atoms with Gasteiger partial charge < -0.3 is 15.5 Å². The van der Waals surface area contributed by atoms with Gasteiger partial charge in [-0.3, -0.25) is 0 Å². The summed E-state index contributed by atoms with van der Waals surface area (Å²) < 4.78 is 0. The van der Waals surface area contributed by atoms with Crippen LogP contribution in [0.25, 0.3) is 0 Å². The number of hydrogen-bond acceptors (Lipinski definition) is 2. The van der Waals surface area contributed by atoms with Gasteiger partial charge in [-0.05, 0) is 44.4 Å². The van der Waals surface area contributed by atoms with E-state index in [1.54, 1.807) is 6.08 Å². The van der Waals surface area contributed by atoms with Gasteiger partial charge in [-0.15, -0.1) is 30.6 Å². The molecule has 1 saturated heterocycles. The van der Waals surface area contributed by atoms with Gasteiger partial charge in [-0.2, -0.15) is 0 Å². The number of rotatable bonds is 6. The Balaban J connectivity index is 0.00000264. The van der Waals surface area contributed by atoms with E-state index in [1.165, 1.54) is 37.2 Å². The van der Waals surface area contributed by atoms with Crippen molar-refractivity contribution in [3.63, 3.8) is 0 Å². The van der Waals surface area contributed by atoms with E-state index in [9.17, 15) is 0 Å². The minimum atomic E-state index is 0. The molecule has 0 aliphatic carbocycles. The third-order valence-corrected chi connectivity index (χ3v) is 3.92. The van der Waals surface area contributed by atoms with Crippen molar-refractivity contribution in [3.8, 4) is 0 Å². The molecular formula is C18H29IN4.